The third-order valence-corrected chi connectivity index (χ3v) is 6.96. The first-order chi connectivity index (χ1) is 15.5. The second kappa shape index (κ2) is 10.6. The Labute approximate surface area is 197 Å². The molecule has 4 rings (SSSR count). The highest BCUT2D eigenvalue weighted by atomic mass is 35.5. The predicted octanol–water partition coefficient (Wildman–Crippen LogP) is 4.70. The molecular formula is C24H28ClN3O3S. The highest BCUT2D eigenvalue weighted by Crippen LogP contribution is 2.32. The summed E-state index contributed by atoms with van der Waals surface area (Å²) in [4.78, 5) is 22.2. The third kappa shape index (κ3) is 5.78. The van der Waals surface area contributed by atoms with Gasteiger partial charge in [0.15, 0.2) is 11.7 Å². The van der Waals surface area contributed by atoms with Crippen molar-refractivity contribution in [3.05, 3.63) is 52.5 Å². The zero-order valence-corrected chi connectivity index (χ0v) is 20.0. The van der Waals surface area contributed by atoms with Gasteiger partial charge in [-0.25, -0.2) is 4.98 Å². The molecule has 2 heterocycles. The van der Waals surface area contributed by atoms with Crippen molar-refractivity contribution in [3.8, 4) is 5.75 Å². The van der Waals surface area contributed by atoms with Crippen molar-refractivity contribution in [3.63, 3.8) is 0 Å². The molecule has 1 fully saturated rings. The number of anilines is 1. The van der Waals surface area contributed by atoms with E-state index in [9.17, 15) is 4.79 Å². The van der Waals surface area contributed by atoms with Crippen molar-refractivity contribution < 1.29 is 14.3 Å². The molecule has 0 radical (unpaired) electrons. The van der Waals surface area contributed by atoms with E-state index in [-0.39, 0.29) is 12.5 Å². The fourth-order valence-corrected chi connectivity index (χ4v) is 5.02. The number of aryl methyl sites for hydroxylation is 2. The SMILES string of the molecule is Cc1cc(C)c2sc(N(CCCN3CCOCC3)C(=O)COc3ccc(Cl)cc3)nc2c1. The van der Waals surface area contributed by atoms with Gasteiger partial charge in [-0.3, -0.25) is 14.6 Å². The molecule has 1 aromatic heterocycles. The number of aromatic nitrogens is 1. The lowest BCUT2D eigenvalue weighted by Gasteiger charge is -2.27. The van der Waals surface area contributed by atoms with Gasteiger partial charge in [0.2, 0.25) is 0 Å². The lowest BCUT2D eigenvalue weighted by atomic mass is 10.1. The van der Waals surface area contributed by atoms with Crippen LogP contribution in [-0.4, -0.2) is 61.8 Å². The summed E-state index contributed by atoms with van der Waals surface area (Å²) < 4.78 is 12.3. The van der Waals surface area contributed by atoms with Gasteiger partial charge < -0.3 is 9.47 Å². The van der Waals surface area contributed by atoms with Gasteiger partial charge in [0.1, 0.15) is 5.75 Å². The molecule has 0 unspecified atom stereocenters. The second-order valence-electron chi connectivity index (χ2n) is 8.02. The molecule has 0 saturated carbocycles. The number of amides is 1. The van der Waals surface area contributed by atoms with Crippen LogP contribution in [0.5, 0.6) is 5.75 Å². The van der Waals surface area contributed by atoms with E-state index in [2.05, 4.69) is 30.9 Å². The highest BCUT2D eigenvalue weighted by Gasteiger charge is 2.21. The van der Waals surface area contributed by atoms with Gasteiger partial charge in [0, 0.05) is 31.2 Å². The second-order valence-corrected chi connectivity index (χ2v) is 9.44. The fourth-order valence-electron chi connectivity index (χ4n) is 3.84. The van der Waals surface area contributed by atoms with Gasteiger partial charge in [-0.05, 0) is 61.7 Å². The van der Waals surface area contributed by atoms with E-state index < -0.39 is 0 Å². The molecule has 1 saturated heterocycles. The van der Waals surface area contributed by atoms with E-state index in [1.807, 2.05) is 0 Å². The average molecular weight is 474 g/mol. The average Bonchev–Trinajstić information content (AvgIpc) is 3.21. The minimum absolute atomic E-state index is 0.0485. The molecule has 0 atom stereocenters. The maximum Gasteiger partial charge on any atom is 0.266 e. The van der Waals surface area contributed by atoms with Crippen LogP contribution in [-0.2, 0) is 9.53 Å². The molecule has 2 aromatic carbocycles. The number of halogens is 1. The van der Waals surface area contributed by atoms with E-state index in [0.717, 1.165) is 54.6 Å². The first-order valence-electron chi connectivity index (χ1n) is 10.9. The Bertz CT molecular complexity index is 1060. The Hall–Kier alpha value is -2.19. The van der Waals surface area contributed by atoms with Gasteiger partial charge in [-0.15, -0.1) is 0 Å². The monoisotopic (exact) mass is 473 g/mol. The minimum Gasteiger partial charge on any atom is -0.484 e. The molecule has 3 aromatic rings. The third-order valence-electron chi connectivity index (χ3n) is 5.48. The molecular weight excluding hydrogens is 446 g/mol. The number of thiazole rings is 1. The molecule has 1 aliphatic rings. The number of nitrogens with zero attached hydrogens (tertiary/aromatic N) is 3. The highest BCUT2D eigenvalue weighted by molar-refractivity contribution is 7.22. The summed E-state index contributed by atoms with van der Waals surface area (Å²) in [6.07, 6.45) is 0.862. The number of fused-ring (bicyclic) bond motifs is 1. The van der Waals surface area contributed by atoms with Crippen molar-refractivity contribution in [1.29, 1.82) is 0 Å². The number of carbonyl (C=O) groups excluding carboxylic acids is 1. The van der Waals surface area contributed by atoms with Crippen LogP contribution in [0.25, 0.3) is 10.2 Å². The largest absolute Gasteiger partial charge is 0.484 e. The molecule has 8 heteroatoms. The fraction of sp³-hybridized carbons (Fsp3) is 0.417. The lowest BCUT2D eigenvalue weighted by molar-refractivity contribution is -0.120. The summed E-state index contributed by atoms with van der Waals surface area (Å²) in [6, 6.07) is 11.3. The molecule has 0 spiro atoms. The number of carbonyl (C=O) groups is 1. The van der Waals surface area contributed by atoms with Crippen LogP contribution in [0.1, 0.15) is 17.5 Å². The summed E-state index contributed by atoms with van der Waals surface area (Å²) in [5, 5.41) is 1.36. The van der Waals surface area contributed by atoms with Gasteiger partial charge in [-0.1, -0.05) is 29.0 Å². The van der Waals surface area contributed by atoms with E-state index in [1.54, 1.807) is 40.5 Å². The van der Waals surface area contributed by atoms with Crippen LogP contribution >= 0.6 is 22.9 Å². The quantitative estimate of drug-likeness (QED) is 0.474. The summed E-state index contributed by atoms with van der Waals surface area (Å²) in [7, 11) is 0. The number of hydrogen-bond acceptors (Lipinski definition) is 6. The zero-order valence-electron chi connectivity index (χ0n) is 18.5. The Balaban J connectivity index is 1.49. The van der Waals surface area contributed by atoms with Crippen molar-refractivity contribution in [1.82, 2.24) is 9.88 Å². The molecule has 0 bridgehead atoms. The van der Waals surface area contributed by atoms with Crippen molar-refractivity contribution >= 4 is 44.2 Å². The van der Waals surface area contributed by atoms with Crippen LogP contribution < -0.4 is 9.64 Å². The van der Waals surface area contributed by atoms with Gasteiger partial charge in [0.25, 0.3) is 5.91 Å². The Morgan fingerprint density at radius 2 is 1.97 bits per heavy atom. The lowest BCUT2D eigenvalue weighted by Crippen LogP contribution is -2.40. The molecule has 32 heavy (non-hydrogen) atoms. The van der Waals surface area contributed by atoms with E-state index in [0.29, 0.717) is 17.3 Å². The zero-order chi connectivity index (χ0) is 22.5. The predicted molar refractivity (Wildman–Crippen MR) is 130 cm³/mol. The first kappa shape index (κ1) is 23.0. The molecule has 0 N–H and O–H groups in total. The van der Waals surface area contributed by atoms with Crippen LogP contribution in [0.4, 0.5) is 5.13 Å². The molecule has 6 nitrogen and oxygen atoms in total. The van der Waals surface area contributed by atoms with Crippen LogP contribution in [0.15, 0.2) is 36.4 Å². The van der Waals surface area contributed by atoms with Crippen molar-refractivity contribution in [2.75, 3.05) is 50.9 Å². The van der Waals surface area contributed by atoms with Gasteiger partial charge in [-0.2, -0.15) is 0 Å². The number of rotatable bonds is 8. The van der Waals surface area contributed by atoms with Crippen molar-refractivity contribution in [2.45, 2.75) is 20.3 Å². The smallest absolute Gasteiger partial charge is 0.266 e. The number of benzene rings is 2. The first-order valence-corrected chi connectivity index (χ1v) is 12.1. The molecule has 1 aliphatic heterocycles. The Morgan fingerprint density at radius 3 is 2.72 bits per heavy atom. The summed E-state index contributed by atoms with van der Waals surface area (Å²) in [6.45, 7) is 9.05. The van der Waals surface area contributed by atoms with E-state index in [4.69, 9.17) is 26.1 Å². The van der Waals surface area contributed by atoms with E-state index >= 15 is 0 Å². The van der Waals surface area contributed by atoms with Crippen molar-refractivity contribution in [2.24, 2.45) is 0 Å². The standard InChI is InChI=1S/C24H28ClN3O3S/c1-17-14-18(2)23-21(15-17)26-24(32-23)28(9-3-8-27-10-12-30-13-11-27)22(29)16-31-20-6-4-19(25)5-7-20/h4-7,14-15H,3,8-13,16H2,1-2H3. The normalized spacial score (nSPS) is 14.6. The molecule has 170 valence electrons. The van der Waals surface area contributed by atoms with Gasteiger partial charge in [0.05, 0.1) is 23.4 Å². The minimum atomic E-state index is -0.102. The summed E-state index contributed by atoms with van der Waals surface area (Å²) in [5.74, 6) is 0.516. The Kier molecular flexibility index (Phi) is 7.63. The Morgan fingerprint density at radius 1 is 1.22 bits per heavy atom. The van der Waals surface area contributed by atoms with Crippen LogP contribution in [0, 0.1) is 13.8 Å². The molecule has 1 amide bonds. The molecule has 0 aliphatic carbocycles. The summed E-state index contributed by atoms with van der Waals surface area (Å²) >= 11 is 7.51. The number of ether oxygens (including phenoxy) is 2. The van der Waals surface area contributed by atoms with Crippen LogP contribution in [0.3, 0.4) is 0 Å². The maximum absolute atomic E-state index is 13.2. The number of hydrogen-bond donors (Lipinski definition) is 0. The maximum atomic E-state index is 13.2. The van der Waals surface area contributed by atoms with E-state index in [1.165, 1.54) is 11.1 Å². The van der Waals surface area contributed by atoms with Crippen LogP contribution in [0.2, 0.25) is 5.02 Å². The van der Waals surface area contributed by atoms with Gasteiger partial charge >= 0.3 is 0 Å². The topological polar surface area (TPSA) is 54.9 Å². The summed E-state index contributed by atoms with van der Waals surface area (Å²) in [5.41, 5.74) is 3.29. The number of morpholine rings is 1.